The molecule has 7 nitrogen and oxygen atoms in total. The highest BCUT2D eigenvalue weighted by atomic mass is 32.2. The molecule has 1 aromatic carbocycles. The molecule has 0 aliphatic rings. The lowest BCUT2D eigenvalue weighted by molar-refractivity contribution is -0.139. The first-order valence-electron chi connectivity index (χ1n) is 11.4. The standard InChI is InChI=1S/C23H37NO6S/c1-3-5-7-9-11-15-19(24-22(26)18-12-10-8-6-4-2)23(27)30-31(28,29)21-17-14-13-16-20(21)25/h13-14,16-17,19,25H,3-12,15,18H2,1-2H3,(H,24,26). The Balaban J connectivity index is 2.73. The number of benzene rings is 1. The lowest BCUT2D eigenvalue weighted by Crippen LogP contribution is -2.42. The quantitative estimate of drug-likeness (QED) is 0.273. The average molecular weight is 456 g/mol. The molecule has 1 amide bonds. The molecule has 0 heterocycles. The second-order valence-corrected chi connectivity index (χ2v) is 9.33. The van der Waals surface area contributed by atoms with Crippen molar-refractivity contribution in [1.82, 2.24) is 5.32 Å². The molecule has 1 unspecified atom stereocenters. The van der Waals surface area contributed by atoms with Crippen molar-refractivity contribution in [1.29, 1.82) is 0 Å². The molecular formula is C23H37NO6S. The third-order valence-corrected chi connectivity index (χ3v) is 6.32. The van der Waals surface area contributed by atoms with Gasteiger partial charge in [0.2, 0.25) is 5.91 Å². The van der Waals surface area contributed by atoms with Crippen molar-refractivity contribution >= 4 is 22.0 Å². The lowest BCUT2D eigenvalue weighted by Gasteiger charge is -2.18. The van der Waals surface area contributed by atoms with Crippen LogP contribution in [0.2, 0.25) is 0 Å². The Labute approximate surface area is 186 Å². The summed E-state index contributed by atoms with van der Waals surface area (Å²) in [6.07, 6.45) is 10.3. The summed E-state index contributed by atoms with van der Waals surface area (Å²) in [5, 5.41) is 12.4. The van der Waals surface area contributed by atoms with E-state index in [1.807, 2.05) is 0 Å². The second-order valence-electron chi connectivity index (χ2n) is 7.81. The fraction of sp³-hybridized carbons (Fsp3) is 0.652. The maximum atomic E-state index is 12.6. The van der Waals surface area contributed by atoms with E-state index in [1.165, 1.54) is 18.2 Å². The number of aromatic hydroxyl groups is 1. The minimum atomic E-state index is -4.49. The number of hydrogen-bond acceptors (Lipinski definition) is 6. The smallest absolute Gasteiger partial charge is 0.345 e. The molecular weight excluding hydrogens is 418 g/mol. The molecule has 0 aliphatic carbocycles. The van der Waals surface area contributed by atoms with Crippen LogP contribution in [0, 0.1) is 0 Å². The van der Waals surface area contributed by atoms with Crippen LogP contribution in [0.15, 0.2) is 29.2 Å². The third-order valence-electron chi connectivity index (χ3n) is 5.05. The number of phenolic OH excluding ortho intramolecular Hbond substituents is 1. The molecule has 0 aliphatic heterocycles. The molecule has 0 spiro atoms. The van der Waals surface area contributed by atoms with Gasteiger partial charge in [-0.1, -0.05) is 83.8 Å². The van der Waals surface area contributed by atoms with Gasteiger partial charge in [0.15, 0.2) is 0 Å². The maximum Gasteiger partial charge on any atom is 0.345 e. The molecule has 0 bridgehead atoms. The van der Waals surface area contributed by atoms with Crippen LogP contribution in [0.4, 0.5) is 0 Å². The highest BCUT2D eigenvalue weighted by Crippen LogP contribution is 2.24. The maximum absolute atomic E-state index is 12.6. The first-order valence-corrected chi connectivity index (χ1v) is 12.8. The van der Waals surface area contributed by atoms with Crippen molar-refractivity contribution in [3.05, 3.63) is 24.3 Å². The Kier molecular flexibility index (Phi) is 12.9. The number of hydrogen-bond donors (Lipinski definition) is 2. The van der Waals surface area contributed by atoms with Gasteiger partial charge in [-0.15, -0.1) is 0 Å². The van der Waals surface area contributed by atoms with Gasteiger partial charge in [-0.3, -0.25) is 4.79 Å². The van der Waals surface area contributed by atoms with Crippen molar-refractivity contribution in [3.63, 3.8) is 0 Å². The van der Waals surface area contributed by atoms with Gasteiger partial charge >= 0.3 is 16.1 Å². The average Bonchev–Trinajstić information content (AvgIpc) is 2.72. The van der Waals surface area contributed by atoms with E-state index in [9.17, 15) is 23.1 Å². The van der Waals surface area contributed by atoms with Crippen LogP contribution in [-0.4, -0.2) is 31.4 Å². The van der Waals surface area contributed by atoms with E-state index < -0.39 is 32.8 Å². The van der Waals surface area contributed by atoms with Crippen LogP contribution >= 0.6 is 0 Å². The van der Waals surface area contributed by atoms with Gasteiger partial charge in [0.25, 0.3) is 0 Å². The second kappa shape index (κ2) is 14.8. The summed E-state index contributed by atoms with van der Waals surface area (Å²) in [5.41, 5.74) is 0. The van der Waals surface area contributed by atoms with E-state index >= 15 is 0 Å². The molecule has 31 heavy (non-hydrogen) atoms. The summed E-state index contributed by atoms with van der Waals surface area (Å²) in [7, 11) is -4.49. The topological polar surface area (TPSA) is 110 Å². The van der Waals surface area contributed by atoms with Gasteiger partial charge in [0, 0.05) is 6.42 Å². The molecule has 0 radical (unpaired) electrons. The first kappa shape index (κ1) is 26.9. The SMILES string of the molecule is CCCCCCCC(=O)NC(CCCCCCC)C(=O)OS(=O)(=O)c1ccccc1O. The first-order chi connectivity index (χ1) is 14.8. The van der Waals surface area contributed by atoms with E-state index in [0.29, 0.717) is 12.8 Å². The Morgan fingerprint density at radius 2 is 1.52 bits per heavy atom. The van der Waals surface area contributed by atoms with Crippen molar-refractivity contribution in [2.45, 2.75) is 102 Å². The lowest BCUT2D eigenvalue weighted by atomic mass is 10.1. The number of amides is 1. The van der Waals surface area contributed by atoms with E-state index in [2.05, 4.69) is 19.2 Å². The van der Waals surface area contributed by atoms with Crippen LogP contribution in [0.25, 0.3) is 0 Å². The van der Waals surface area contributed by atoms with Gasteiger partial charge < -0.3 is 14.6 Å². The van der Waals surface area contributed by atoms with E-state index in [4.69, 9.17) is 4.18 Å². The summed E-state index contributed by atoms with van der Waals surface area (Å²) in [4.78, 5) is 24.4. The molecule has 0 saturated carbocycles. The number of para-hydroxylation sites is 1. The predicted molar refractivity (Wildman–Crippen MR) is 120 cm³/mol. The zero-order valence-corrected chi connectivity index (χ0v) is 19.6. The number of phenols is 1. The van der Waals surface area contributed by atoms with Crippen LogP contribution < -0.4 is 5.32 Å². The molecule has 1 rings (SSSR count). The van der Waals surface area contributed by atoms with Gasteiger partial charge in [-0.05, 0) is 25.0 Å². The molecule has 1 atom stereocenters. The van der Waals surface area contributed by atoms with Crippen molar-refractivity contribution in [2.24, 2.45) is 0 Å². The fourth-order valence-corrected chi connectivity index (χ4v) is 4.23. The highest BCUT2D eigenvalue weighted by molar-refractivity contribution is 7.87. The summed E-state index contributed by atoms with van der Waals surface area (Å²) in [6, 6.07) is 4.21. The van der Waals surface area contributed by atoms with E-state index in [0.717, 1.165) is 63.9 Å². The van der Waals surface area contributed by atoms with Crippen molar-refractivity contribution in [2.75, 3.05) is 0 Å². The summed E-state index contributed by atoms with van der Waals surface area (Å²) < 4.78 is 29.6. The molecule has 0 aromatic heterocycles. The minimum absolute atomic E-state index is 0.285. The number of unbranched alkanes of at least 4 members (excludes halogenated alkanes) is 8. The van der Waals surface area contributed by atoms with Crippen LogP contribution in [0.1, 0.15) is 90.9 Å². The van der Waals surface area contributed by atoms with Gasteiger partial charge in [0.05, 0.1) is 0 Å². The van der Waals surface area contributed by atoms with Gasteiger partial charge in [0.1, 0.15) is 16.7 Å². The summed E-state index contributed by atoms with van der Waals surface area (Å²) in [6.45, 7) is 4.22. The predicted octanol–water partition coefficient (Wildman–Crippen LogP) is 4.83. The van der Waals surface area contributed by atoms with Crippen LogP contribution in [0.3, 0.4) is 0 Å². The van der Waals surface area contributed by atoms with Gasteiger partial charge in [-0.25, -0.2) is 4.79 Å². The number of carbonyl (C=O) groups is 2. The van der Waals surface area contributed by atoms with Crippen molar-refractivity contribution in [3.8, 4) is 5.75 Å². The zero-order chi connectivity index (χ0) is 23.1. The summed E-state index contributed by atoms with van der Waals surface area (Å²) >= 11 is 0. The Hall–Kier alpha value is -2.09. The van der Waals surface area contributed by atoms with Crippen LogP contribution in [0.5, 0.6) is 5.75 Å². The van der Waals surface area contributed by atoms with Crippen LogP contribution in [-0.2, 0) is 23.9 Å². The zero-order valence-electron chi connectivity index (χ0n) is 18.8. The minimum Gasteiger partial charge on any atom is -0.506 e. The van der Waals surface area contributed by atoms with E-state index in [-0.39, 0.29) is 12.3 Å². The number of nitrogens with one attached hydrogen (secondary N) is 1. The number of carbonyl (C=O) groups excluding carboxylic acids is 2. The third kappa shape index (κ3) is 10.7. The molecule has 2 N–H and O–H groups in total. The molecule has 0 saturated heterocycles. The van der Waals surface area contributed by atoms with Crippen molar-refractivity contribution < 1.29 is 27.3 Å². The normalized spacial score (nSPS) is 12.3. The molecule has 8 heteroatoms. The Morgan fingerprint density at radius 3 is 2.13 bits per heavy atom. The number of rotatable bonds is 16. The summed E-state index contributed by atoms with van der Waals surface area (Å²) in [5.74, 6) is -1.81. The Morgan fingerprint density at radius 1 is 0.935 bits per heavy atom. The molecule has 176 valence electrons. The Bertz CT molecular complexity index is 778. The molecule has 0 fully saturated rings. The monoisotopic (exact) mass is 455 g/mol. The largest absolute Gasteiger partial charge is 0.506 e. The van der Waals surface area contributed by atoms with E-state index in [1.54, 1.807) is 0 Å². The molecule has 1 aromatic rings. The van der Waals surface area contributed by atoms with Gasteiger partial charge in [-0.2, -0.15) is 8.42 Å². The highest BCUT2D eigenvalue weighted by Gasteiger charge is 2.29. The fourth-order valence-electron chi connectivity index (χ4n) is 3.24.